The largest absolute Gasteiger partial charge is 0.507 e. The average Bonchev–Trinajstić information content (AvgIpc) is 3.38. The summed E-state index contributed by atoms with van der Waals surface area (Å²) in [6, 6.07) is 5.81. The lowest BCUT2D eigenvalue weighted by atomic mass is 9.78. The third-order valence-corrected chi connectivity index (χ3v) is 7.02. The predicted octanol–water partition coefficient (Wildman–Crippen LogP) is 4.07. The lowest BCUT2D eigenvalue weighted by molar-refractivity contribution is -0.151. The van der Waals surface area contributed by atoms with Crippen molar-refractivity contribution in [2.45, 2.75) is 57.8 Å². The van der Waals surface area contributed by atoms with E-state index in [4.69, 9.17) is 9.47 Å². The molecule has 0 bridgehead atoms. The Morgan fingerprint density at radius 1 is 1.16 bits per heavy atom. The highest BCUT2D eigenvalue weighted by Crippen LogP contribution is 2.58. The fourth-order valence-electron chi connectivity index (χ4n) is 4.85. The minimum absolute atomic E-state index is 0.0853. The fraction of sp³-hybridized carbons (Fsp3) is 0.400. The third kappa shape index (κ3) is 2.73. The minimum Gasteiger partial charge on any atom is -0.507 e. The molecule has 0 saturated carbocycles. The number of carbonyl (C=O) groups excluding carboxylic acids is 3. The molecule has 7 heteroatoms. The smallest absolute Gasteiger partial charge is 0.306 e. The summed E-state index contributed by atoms with van der Waals surface area (Å²) in [5.41, 5.74) is -0.124. The molecule has 4 atom stereocenters. The number of epoxide rings is 1. The summed E-state index contributed by atoms with van der Waals surface area (Å²) >= 11 is 0. The molecule has 0 aromatic heterocycles. The van der Waals surface area contributed by atoms with E-state index in [1.807, 2.05) is 0 Å². The van der Waals surface area contributed by atoms with E-state index in [1.165, 1.54) is 12.1 Å². The summed E-state index contributed by atoms with van der Waals surface area (Å²) in [5.74, 6) is -1.30. The zero-order valence-corrected chi connectivity index (χ0v) is 18.1. The molecular weight excluding hydrogens is 412 g/mol. The van der Waals surface area contributed by atoms with Crippen LogP contribution in [0.1, 0.15) is 78.0 Å². The standard InChI is InChI=1S/C25H24O7/c1-4-11(2)8-9-16(28)31-22-18-13(23(30)25(3)24(22)32-25)10-15(27)19-17-12(21(29)20(18)19)6-5-7-14(17)26/h5-7,10-11,22,24,26-27H,4,8-9H2,1-3H3. The maximum atomic E-state index is 13.3. The van der Waals surface area contributed by atoms with Crippen molar-refractivity contribution >= 4 is 17.5 Å². The van der Waals surface area contributed by atoms with Gasteiger partial charge in [-0.3, -0.25) is 14.4 Å². The molecule has 166 valence electrons. The van der Waals surface area contributed by atoms with Gasteiger partial charge in [0.2, 0.25) is 0 Å². The first-order valence-corrected chi connectivity index (χ1v) is 10.9. The summed E-state index contributed by atoms with van der Waals surface area (Å²) in [5, 5.41) is 21.1. The Kier molecular flexibility index (Phi) is 4.47. The zero-order chi connectivity index (χ0) is 22.9. The van der Waals surface area contributed by atoms with Crippen molar-refractivity contribution in [3.8, 4) is 22.6 Å². The van der Waals surface area contributed by atoms with E-state index in [9.17, 15) is 24.6 Å². The van der Waals surface area contributed by atoms with Crippen LogP contribution in [0.3, 0.4) is 0 Å². The van der Waals surface area contributed by atoms with E-state index >= 15 is 0 Å². The first-order valence-electron chi connectivity index (χ1n) is 10.9. The summed E-state index contributed by atoms with van der Waals surface area (Å²) in [4.78, 5) is 39.1. The van der Waals surface area contributed by atoms with E-state index in [0.717, 1.165) is 6.42 Å². The third-order valence-electron chi connectivity index (χ3n) is 7.02. The molecule has 0 amide bonds. The maximum absolute atomic E-state index is 13.3. The number of fused-ring (bicyclic) bond motifs is 6. The fourth-order valence-corrected chi connectivity index (χ4v) is 4.85. The second kappa shape index (κ2) is 6.90. The van der Waals surface area contributed by atoms with Gasteiger partial charge in [-0.05, 0) is 31.4 Å². The van der Waals surface area contributed by atoms with Gasteiger partial charge < -0.3 is 19.7 Å². The molecule has 32 heavy (non-hydrogen) atoms. The number of Topliss-reactive ketones (excluding diaryl/α,β-unsaturated/α-hetero) is 1. The maximum Gasteiger partial charge on any atom is 0.306 e. The molecule has 7 nitrogen and oxygen atoms in total. The number of aromatic hydroxyl groups is 2. The van der Waals surface area contributed by atoms with E-state index in [2.05, 4.69) is 13.8 Å². The van der Waals surface area contributed by atoms with Gasteiger partial charge in [0.05, 0.1) is 0 Å². The number of hydrogen-bond acceptors (Lipinski definition) is 7. The molecule has 4 unspecified atom stereocenters. The number of rotatable bonds is 5. The number of benzene rings is 2. The molecule has 0 radical (unpaired) electrons. The summed E-state index contributed by atoms with van der Waals surface area (Å²) in [6.45, 7) is 5.73. The highest BCUT2D eigenvalue weighted by Gasteiger charge is 2.68. The van der Waals surface area contributed by atoms with Crippen molar-refractivity contribution in [2.24, 2.45) is 5.92 Å². The molecule has 0 spiro atoms. The number of phenols is 2. The Balaban J connectivity index is 1.64. The Labute approximate surface area is 185 Å². The van der Waals surface area contributed by atoms with Crippen LogP contribution in [-0.2, 0) is 14.3 Å². The van der Waals surface area contributed by atoms with Crippen molar-refractivity contribution in [3.63, 3.8) is 0 Å². The molecule has 1 heterocycles. The van der Waals surface area contributed by atoms with Gasteiger partial charge in [0.25, 0.3) is 0 Å². The first kappa shape index (κ1) is 20.7. The monoisotopic (exact) mass is 436 g/mol. The van der Waals surface area contributed by atoms with Gasteiger partial charge in [-0.1, -0.05) is 32.4 Å². The van der Waals surface area contributed by atoms with Crippen LogP contribution < -0.4 is 0 Å². The van der Waals surface area contributed by atoms with Crippen molar-refractivity contribution in [1.29, 1.82) is 0 Å². The Hall–Kier alpha value is -3.19. The summed E-state index contributed by atoms with van der Waals surface area (Å²) < 4.78 is 11.5. The molecule has 2 N–H and O–H groups in total. The summed E-state index contributed by atoms with van der Waals surface area (Å²) in [6.07, 6.45) is 0.178. The van der Waals surface area contributed by atoms with Crippen LogP contribution >= 0.6 is 0 Å². The molecule has 1 aliphatic heterocycles. The normalized spacial score (nSPS) is 25.5. The lowest BCUT2D eigenvalue weighted by Gasteiger charge is -2.27. The van der Waals surface area contributed by atoms with E-state index in [0.29, 0.717) is 12.3 Å². The molecule has 2 aromatic carbocycles. The Morgan fingerprint density at radius 3 is 2.62 bits per heavy atom. The lowest BCUT2D eigenvalue weighted by Crippen LogP contribution is -2.36. The van der Waals surface area contributed by atoms with Crippen molar-refractivity contribution in [3.05, 3.63) is 46.5 Å². The highest BCUT2D eigenvalue weighted by atomic mass is 16.6. The van der Waals surface area contributed by atoms with E-state index in [1.54, 1.807) is 19.1 Å². The number of esters is 1. The number of carbonyl (C=O) groups is 3. The second-order valence-corrected chi connectivity index (χ2v) is 9.07. The first-order chi connectivity index (χ1) is 15.2. The Bertz CT molecular complexity index is 1200. The van der Waals surface area contributed by atoms with E-state index < -0.39 is 29.6 Å². The van der Waals surface area contributed by atoms with Crippen molar-refractivity contribution in [2.75, 3.05) is 0 Å². The number of phenolic OH excluding ortho intramolecular Hbond substituents is 2. The topological polar surface area (TPSA) is 113 Å². The molecule has 3 aliphatic rings. The van der Waals surface area contributed by atoms with Gasteiger partial charge in [-0.15, -0.1) is 0 Å². The molecule has 5 rings (SSSR count). The van der Waals surface area contributed by atoms with Crippen LogP contribution in [0.2, 0.25) is 0 Å². The molecule has 1 fully saturated rings. The van der Waals surface area contributed by atoms with Crippen LogP contribution in [0.5, 0.6) is 11.5 Å². The van der Waals surface area contributed by atoms with Gasteiger partial charge in [-0.2, -0.15) is 0 Å². The SMILES string of the molecule is CCC(C)CCC(=O)OC1c2c(cc(O)c3c2C(=O)c2cccc(O)c2-3)C(=O)C2(C)OC12. The van der Waals surface area contributed by atoms with Crippen LogP contribution in [0, 0.1) is 5.92 Å². The average molecular weight is 436 g/mol. The van der Waals surface area contributed by atoms with Gasteiger partial charge >= 0.3 is 5.97 Å². The summed E-state index contributed by atoms with van der Waals surface area (Å²) in [7, 11) is 0. The van der Waals surface area contributed by atoms with Crippen molar-refractivity contribution < 1.29 is 34.1 Å². The van der Waals surface area contributed by atoms with Crippen LogP contribution in [0.25, 0.3) is 11.1 Å². The van der Waals surface area contributed by atoms with Gasteiger partial charge in [-0.25, -0.2) is 0 Å². The highest BCUT2D eigenvalue weighted by molar-refractivity contribution is 6.26. The molecule has 2 aromatic rings. The van der Waals surface area contributed by atoms with Crippen LogP contribution in [0.15, 0.2) is 24.3 Å². The number of hydrogen-bond donors (Lipinski definition) is 2. The zero-order valence-electron chi connectivity index (χ0n) is 18.1. The van der Waals surface area contributed by atoms with Crippen molar-refractivity contribution in [1.82, 2.24) is 0 Å². The van der Waals surface area contributed by atoms with Gasteiger partial charge in [0.1, 0.15) is 17.6 Å². The van der Waals surface area contributed by atoms with Gasteiger partial charge in [0, 0.05) is 39.8 Å². The predicted molar refractivity (Wildman–Crippen MR) is 114 cm³/mol. The molecule has 2 aliphatic carbocycles. The number of ether oxygens (including phenoxy) is 2. The van der Waals surface area contributed by atoms with Crippen LogP contribution in [-0.4, -0.2) is 39.5 Å². The quantitative estimate of drug-likeness (QED) is 0.458. The van der Waals surface area contributed by atoms with Crippen LogP contribution in [0.4, 0.5) is 0 Å². The second-order valence-electron chi connectivity index (χ2n) is 9.07. The number of ketones is 2. The van der Waals surface area contributed by atoms with E-state index in [-0.39, 0.29) is 57.1 Å². The minimum atomic E-state index is -1.16. The van der Waals surface area contributed by atoms with Gasteiger partial charge in [0.15, 0.2) is 23.3 Å². The Morgan fingerprint density at radius 2 is 1.91 bits per heavy atom. The molecular formula is C25H24O7. The molecule has 1 saturated heterocycles.